The molecule has 0 radical (unpaired) electrons. The highest BCUT2D eigenvalue weighted by Gasteiger charge is 2.34. The predicted octanol–water partition coefficient (Wildman–Crippen LogP) is 5.01. The molecule has 0 atom stereocenters. The van der Waals surface area contributed by atoms with Crippen molar-refractivity contribution in [2.24, 2.45) is 0 Å². The Kier molecular flexibility index (Phi) is 4.54. The Bertz CT molecular complexity index is 526. The highest BCUT2D eigenvalue weighted by Crippen LogP contribution is 2.37. The number of halogens is 1. The molecule has 20 heavy (non-hydrogen) atoms. The maximum Gasteiger partial charge on any atom is 0.339 e. The number of esters is 1. The van der Waals surface area contributed by atoms with Gasteiger partial charge in [0.1, 0.15) is 5.60 Å². The monoisotopic (exact) mass is 292 g/mol. The second kappa shape index (κ2) is 6.01. The molecule has 0 bridgehead atoms. The average Bonchev–Trinajstić information content (AvgIpc) is 2.36. The maximum atomic E-state index is 12.4. The number of unbranched alkanes of at least 4 members (excludes halogenated alkanes) is 1. The summed E-state index contributed by atoms with van der Waals surface area (Å²) in [4.78, 5) is 12.4. The number of rotatable bonds is 4. The third-order valence-corrected chi connectivity index (χ3v) is 3.78. The summed E-state index contributed by atoms with van der Waals surface area (Å²) in [6, 6.07) is 7.41. The van der Waals surface area contributed by atoms with Gasteiger partial charge < -0.3 is 4.74 Å². The van der Waals surface area contributed by atoms with E-state index >= 15 is 0 Å². The van der Waals surface area contributed by atoms with Gasteiger partial charge in [-0.15, -0.1) is 0 Å². The molecule has 3 heteroatoms. The van der Waals surface area contributed by atoms with Crippen LogP contribution in [0.5, 0.6) is 0 Å². The molecular formula is C17H21ClO2. The van der Waals surface area contributed by atoms with E-state index in [1.165, 1.54) is 5.57 Å². The van der Waals surface area contributed by atoms with Crippen molar-refractivity contribution < 1.29 is 9.53 Å². The van der Waals surface area contributed by atoms with Gasteiger partial charge in [0.05, 0.1) is 5.57 Å². The van der Waals surface area contributed by atoms with Gasteiger partial charge in [-0.05, 0) is 44.4 Å². The summed E-state index contributed by atoms with van der Waals surface area (Å²) >= 11 is 5.92. The lowest BCUT2D eigenvalue weighted by Crippen LogP contribution is -2.34. The zero-order valence-electron chi connectivity index (χ0n) is 12.3. The number of cyclic esters (lactones) is 1. The predicted molar refractivity (Wildman–Crippen MR) is 82.7 cm³/mol. The molecule has 0 amide bonds. The molecule has 1 aromatic rings. The van der Waals surface area contributed by atoms with Crippen molar-refractivity contribution in [1.82, 2.24) is 0 Å². The Morgan fingerprint density at radius 3 is 2.50 bits per heavy atom. The van der Waals surface area contributed by atoms with Crippen LogP contribution in [0.4, 0.5) is 0 Å². The van der Waals surface area contributed by atoms with Gasteiger partial charge >= 0.3 is 5.97 Å². The van der Waals surface area contributed by atoms with E-state index in [0.717, 1.165) is 36.8 Å². The molecule has 0 aromatic heterocycles. The van der Waals surface area contributed by atoms with E-state index in [4.69, 9.17) is 16.3 Å². The van der Waals surface area contributed by atoms with E-state index < -0.39 is 5.60 Å². The minimum Gasteiger partial charge on any atom is -0.456 e. The number of carbonyl (C=O) groups excluding carboxylic acids is 1. The summed E-state index contributed by atoms with van der Waals surface area (Å²) < 4.78 is 5.55. The van der Waals surface area contributed by atoms with Gasteiger partial charge in [-0.3, -0.25) is 0 Å². The zero-order valence-corrected chi connectivity index (χ0v) is 13.1. The topological polar surface area (TPSA) is 26.3 Å². The summed E-state index contributed by atoms with van der Waals surface area (Å²) in [5, 5.41) is 0.675. The van der Waals surface area contributed by atoms with E-state index in [0.29, 0.717) is 5.02 Å². The van der Waals surface area contributed by atoms with Crippen LogP contribution in [0.15, 0.2) is 29.8 Å². The minimum absolute atomic E-state index is 0.213. The van der Waals surface area contributed by atoms with Crippen LogP contribution in [0, 0.1) is 0 Å². The molecule has 0 saturated heterocycles. The lowest BCUT2D eigenvalue weighted by Gasteiger charge is -2.33. The van der Waals surface area contributed by atoms with Crippen LogP contribution in [0.1, 0.15) is 52.0 Å². The second-order valence-electron chi connectivity index (χ2n) is 5.91. The van der Waals surface area contributed by atoms with Gasteiger partial charge in [-0.25, -0.2) is 4.79 Å². The van der Waals surface area contributed by atoms with Gasteiger partial charge in [-0.2, -0.15) is 0 Å². The molecule has 0 aliphatic carbocycles. The Hall–Kier alpha value is -1.28. The van der Waals surface area contributed by atoms with E-state index in [2.05, 4.69) is 6.92 Å². The SMILES string of the molecule is CCCCC1=C(c2ccc(Cl)cc2)C(=O)OC(C)(C)C1. The minimum atomic E-state index is -0.407. The highest BCUT2D eigenvalue weighted by atomic mass is 35.5. The first-order valence-electron chi connectivity index (χ1n) is 7.14. The molecular weight excluding hydrogens is 272 g/mol. The summed E-state index contributed by atoms with van der Waals surface area (Å²) in [6.45, 7) is 6.10. The van der Waals surface area contributed by atoms with Gasteiger partial charge in [0.25, 0.3) is 0 Å². The quantitative estimate of drug-likeness (QED) is 0.729. The van der Waals surface area contributed by atoms with Crippen LogP contribution >= 0.6 is 11.6 Å². The molecule has 0 unspecified atom stereocenters. The number of hydrogen-bond donors (Lipinski definition) is 0. The van der Waals surface area contributed by atoms with Gasteiger partial charge in [0, 0.05) is 11.4 Å². The molecule has 2 nitrogen and oxygen atoms in total. The molecule has 1 heterocycles. The van der Waals surface area contributed by atoms with Crippen LogP contribution in [0.3, 0.4) is 0 Å². The standard InChI is InChI=1S/C17H21ClO2/c1-4-5-6-13-11-17(2,3)20-16(19)15(13)12-7-9-14(18)10-8-12/h7-10H,4-6,11H2,1-3H3. The fourth-order valence-corrected chi connectivity index (χ4v) is 2.75. The van der Waals surface area contributed by atoms with Crippen molar-refractivity contribution in [3.8, 4) is 0 Å². The van der Waals surface area contributed by atoms with E-state index in [9.17, 15) is 4.79 Å². The molecule has 1 aliphatic heterocycles. The second-order valence-corrected chi connectivity index (χ2v) is 6.35. The third-order valence-electron chi connectivity index (χ3n) is 3.53. The number of benzene rings is 1. The Balaban J connectivity index is 2.43. The van der Waals surface area contributed by atoms with Gasteiger partial charge in [-0.1, -0.05) is 42.7 Å². The third kappa shape index (κ3) is 3.43. The molecule has 1 aliphatic rings. The average molecular weight is 293 g/mol. The largest absolute Gasteiger partial charge is 0.456 e. The molecule has 0 saturated carbocycles. The van der Waals surface area contributed by atoms with Gasteiger partial charge in [0.15, 0.2) is 0 Å². The van der Waals surface area contributed by atoms with Crippen molar-refractivity contribution in [3.63, 3.8) is 0 Å². The lowest BCUT2D eigenvalue weighted by molar-refractivity contribution is -0.150. The number of carbonyl (C=O) groups is 1. The van der Waals surface area contributed by atoms with Crippen molar-refractivity contribution in [3.05, 3.63) is 40.4 Å². The Labute approximate surface area is 125 Å². The molecule has 0 spiro atoms. The van der Waals surface area contributed by atoms with Crippen molar-refractivity contribution in [2.45, 2.75) is 52.1 Å². The normalized spacial score (nSPS) is 18.1. The summed E-state index contributed by atoms with van der Waals surface area (Å²) in [7, 11) is 0. The van der Waals surface area contributed by atoms with Gasteiger partial charge in [0.2, 0.25) is 0 Å². The molecule has 2 rings (SSSR count). The van der Waals surface area contributed by atoms with E-state index in [1.807, 2.05) is 38.1 Å². The first-order valence-corrected chi connectivity index (χ1v) is 7.52. The van der Waals surface area contributed by atoms with Crippen LogP contribution in [-0.2, 0) is 9.53 Å². The van der Waals surface area contributed by atoms with Crippen molar-refractivity contribution >= 4 is 23.1 Å². The molecule has 1 aromatic carbocycles. The highest BCUT2D eigenvalue weighted by molar-refractivity contribution is 6.30. The van der Waals surface area contributed by atoms with Crippen LogP contribution in [0.25, 0.3) is 5.57 Å². The first-order chi connectivity index (χ1) is 9.43. The fraction of sp³-hybridized carbons (Fsp3) is 0.471. The number of ether oxygens (including phenoxy) is 1. The van der Waals surface area contributed by atoms with Crippen molar-refractivity contribution in [2.75, 3.05) is 0 Å². The fourth-order valence-electron chi connectivity index (χ4n) is 2.63. The molecule has 0 N–H and O–H groups in total. The first kappa shape index (κ1) is 15.1. The Morgan fingerprint density at radius 1 is 1.25 bits per heavy atom. The maximum absolute atomic E-state index is 12.4. The summed E-state index contributed by atoms with van der Waals surface area (Å²) in [5.74, 6) is -0.213. The van der Waals surface area contributed by atoms with E-state index in [1.54, 1.807) is 0 Å². The van der Waals surface area contributed by atoms with Crippen LogP contribution in [-0.4, -0.2) is 11.6 Å². The summed E-state index contributed by atoms with van der Waals surface area (Å²) in [6.07, 6.45) is 3.96. The lowest BCUT2D eigenvalue weighted by atomic mass is 9.86. The number of hydrogen-bond acceptors (Lipinski definition) is 2. The van der Waals surface area contributed by atoms with E-state index in [-0.39, 0.29) is 5.97 Å². The zero-order chi connectivity index (χ0) is 14.8. The van der Waals surface area contributed by atoms with Crippen LogP contribution in [0.2, 0.25) is 5.02 Å². The molecule has 0 fully saturated rings. The van der Waals surface area contributed by atoms with Crippen molar-refractivity contribution in [1.29, 1.82) is 0 Å². The Morgan fingerprint density at radius 2 is 1.90 bits per heavy atom. The summed E-state index contributed by atoms with van der Waals surface area (Å²) in [5.41, 5.74) is 2.43. The smallest absolute Gasteiger partial charge is 0.339 e. The molecule has 108 valence electrons. The van der Waals surface area contributed by atoms with Crippen LogP contribution < -0.4 is 0 Å².